The maximum Gasteiger partial charge on any atom is 0.127 e. The molecule has 3 nitrogen and oxygen atoms in total. The molecule has 0 radical (unpaired) electrons. The zero-order valence-electron chi connectivity index (χ0n) is 11.2. The topological polar surface area (TPSA) is 37.0 Å². The molecule has 0 unspecified atom stereocenters. The normalized spacial score (nSPS) is 10.3. The van der Waals surface area contributed by atoms with Crippen molar-refractivity contribution in [2.45, 2.75) is 20.3 Å². The van der Waals surface area contributed by atoms with Gasteiger partial charge < -0.3 is 10.6 Å². The van der Waals surface area contributed by atoms with E-state index in [1.54, 1.807) is 0 Å². The molecule has 0 saturated heterocycles. The van der Waals surface area contributed by atoms with Crippen molar-refractivity contribution >= 4 is 33.1 Å². The Hall–Kier alpha value is -1.55. The number of aryl methyl sites for hydroxylation is 1. The summed E-state index contributed by atoms with van der Waals surface area (Å²) in [7, 11) is 0. The van der Waals surface area contributed by atoms with Crippen LogP contribution in [0.15, 0.2) is 41.0 Å². The van der Waals surface area contributed by atoms with Crippen molar-refractivity contribution in [3.63, 3.8) is 0 Å². The van der Waals surface area contributed by atoms with Crippen molar-refractivity contribution in [3.8, 4) is 0 Å². The molecule has 0 aliphatic rings. The largest absolute Gasteiger partial charge is 0.370 e. The smallest absolute Gasteiger partial charge is 0.127 e. The standard InChI is InChI=1S/C15H18BrN3/c1-3-7-17-15-10-13(6-8-18-15)19-14-9-12(16)5-4-11(14)2/h4-6,8-10H,3,7H2,1-2H3,(H2,17,18,19). The molecule has 1 aromatic carbocycles. The average molecular weight is 320 g/mol. The van der Waals surface area contributed by atoms with Gasteiger partial charge in [0.1, 0.15) is 5.82 Å². The fourth-order valence-corrected chi connectivity index (χ4v) is 2.10. The zero-order chi connectivity index (χ0) is 13.7. The van der Waals surface area contributed by atoms with Crippen LogP contribution in [0, 0.1) is 6.92 Å². The van der Waals surface area contributed by atoms with Gasteiger partial charge in [0.2, 0.25) is 0 Å². The molecule has 2 N–H and O–H groups in total. The molecule has 1 aromatic heterocycles. The molecule has 0 fully saturated rings. The number of anilines is 3. The minimum atomic E-state index is 0.902. The highest BCUT2D eigenvalue weighted by atomic mass is 79.9. The lowest BCUT2D eigenvalue weighted by Gasteiger charge is -2.11. The van der Waals surface area contributed by atoms with Crippen molar-refractivity contribution in [1.82, 2.24) is 4.98 Å². The first kappa shape index (κ1) is 13.9. The van der Waals surface area contributed by atoms with Crippen LogP contribution in [0.1, 0.15) is 18.9 Å². The van der Waals surface area contributed by atoms with Crippen LogP contribution in [0.2, 0.25) is 0 Å². The van der Waals surface area contributed by atoms with E-state index in [1.165, 1.54) is 5.56 Å². The highest BCUT2D eigenvalue weighted by molar-refractivity contribution is 9.10. The van der Waals surface area contributed by atoms with Crippen LogP contribution < -0.4 is 10.6 Å². The predicted octanol–water partition coefficient (Wildman–Crippen LogP) is 4.72. The third-order valence-corrected chi connectivity index (χ3v) is 3.29. The number of pyridine rings is 1. The van der Waals surface area contributed by atoms with E-state index in [4.69, 9.17) is 0 Å². The minimum Gasteiger partial charge on any atom is -0.370 e. The highest BCUT2D eigenvalue weighted by Gasteiger charge is 2.01. The third-order valence-electron chi connectivity index (χ3n) is 2.79. The first-order chi connectivity index (χ1) is 9.19. The van der Waals surface area contributed by atoms with E-state index in [0.29, 0.717) is 0 Å². The quantitative estimate of drug-likeness (QED) is 0.837. The van der Waals surface area contributed by atoms with Crippen molar-refractivity contribution in [1.29, 1.82) is 0 Å². The van der Waals surface area contributed by atoms with Crippen molar-refractivity contribution in [2.75, 3.05) is 17.2 Å². The fraction of sp³-hybridized carbons (Fsp3) is 0.267. The van der Waals surface area contributed by atoms with Crippen LogP contribution in [0.25, 0.3) is 0 Å². The summed E-state index contributed by atoms with van der Waals surface area (Å²) in [4.78, 5) is 4.30. The van der Waals surface area contributed by atoms with E-state index in [0.717, 1.165) is 34.6 Å². The van der Waals surface area contributed by atoms with Gasteiger partial charge in [-0.2, -0.15) is 0 Å². The van der Waals surface area contributed by atoms with Gasteiger partial charge in [-0.05, 0) is 37.1 Å². The van der Waals surface area contributed by atoms with Gasteiger partial charge >= 0.3 is 0 Å². The number of nitrogens with one attached hydrogen (secondary N) is 2. The Balaban J connectivity index is 2.16. The molecule has 0 bridgehead atoms. The van der Waals surface area contributed by atoms with E-state index >= 15 is 0 Å². The van der Waals surface area contributed by atoms with Gasteiger partial charge in [0.25, 0.3) is 0 Å². The molecular weight excluding hydrogens is 302 g/mol. The second-order valence-electron chi connectivity index (χ2n) is 4.44. The summed E-state index contributed by atoms with van der Waals surface area (Å²) in [6.45, 7) is 5.17. The molecule has 19 heavy (non-hydrogen) atoms. The van der Waals surface area contributed by atoms with Gasteiger partial charge in [0, 0.05) is 34.7 Å². The zero-order valence-corrected chi connectivity index (χ0v) is 12.8. The lowest BCUT2D eigenvalue weighted by Crippen LogP contribution is -2.02. The first-order valence-corrected chi connectivity index (χ1v) is 7.21. The SMILES string of the molecule is CCCNc1cc(Nc2cc(Br)ccc2C)ccn1. The van der Waals surface area contributed by atoms with Gasteiger partial charge in [-0.1, -0.05) is 28.9 Å². The van der Waals surface area contributed by atoms with Crippen molar-refractivity contribution in [3.05, 3.63) is 46.6 Å². The molecule has 0 amide bonds. The van der Waals surface area contributed by atoms with E-state index in [1.807, 2.05) is 24.4 Å². The molecule has 2 rings (SSSR count). The Morgan fingerprint density at radius 2 is 2.05 bits per heavy atom. The molecule has 0 saturated carbocycles. The number of nitrogens with zero attached hydrogens (tertiary/aromatic N) is 1. The number of rotatable bonds is 5. The van der Waals surface area contributed by atoms with Gasteiger partial charge in [0.15, 0.2) is 0 Å². The van der Waals surface area contributed by atoms with Crippen LogP contribution in [0.5, 0.6) is 0 Å². The molecule has 0 aliphatic carbocycles. The lowest BCUT2D eigenvalue weighted by molar-refractivity contribution is 0.969. The number of hydrogen-bond donors (Lipinski definition) is 2. The van der Waals surface area contributed by atoms with Gasteiger partial charge in [0.05, 0.1) is 0 Å². The molecule has 1 heterocycles. The summed E-state index contributed by atoms with van der Waals surface area (Å²) in [6.07, 6.45) is 2.90. The van der Waals surface area contributed by atoms with Crippen LogP contribution >= 0.6 is 15.9 Å². The van der Waals surface area contributed by atoms with Gasteiger partial charge in [-0.25, -0.2) is 4.98 Å². The monoisotopic (exact) mass is 319 g/mol. The summed E-state index contributed by atoms with van der Waals surface area (Å²) < 4.78 is 1.07. The van der Waals surface area contributed by atoms with Gasteiger partial charge in [-0.15, -0.1) is 0 Å². The predicted molar refractivity (Wildman–Crippen MR) is 85.2 cm³/mol. The molecule has 0 atom stereocenters. The lowest BCUT2D eigenvalue weighted by atomic mass is 10.2. The summed E-state index contributed by atoms with van der Waals surface area (Å²) in [5, 5.41) is 6.71. The molecule has 0 aliphatic heterocycles. The summed E-state index contributed by atoms with van der Waals surface area (Å²) in [5.41, 5.74) is 3.35. The Morgan fingerprint density at radius 1 is 1.21 bits per heavy atom. The highest BCUT2D eigenvalue weighted by Crippen LogP contribution is 2.25. The van der Waals surface area contributed by atoms with E-state index in [2.05, 4.69) is 57.5 Å². The maximum absolute atomic E-state index is 4.30. The van der Waals surface area contributed by atoms with E-state index in [-0.39, 0.29) is 0 Å². The fourth-order valence-electron chi connectivity index (χ4n) is 1.74. The first-order valence-electron chi connectivity index (χ1n) is 6.42. The number of hydrogen-bond acceptors (Lipinski definition) is 3. The average Bonchev–Trinajstić information content (AvgIpc) is 2.41. The molecule has 2 aromatic rings. The molecular formula is C15H18BrN3. The van der Waals surface area contributed by atoms with E-state index in [9.17, 15) is 0 Å². The van der Waals surface area contributed by atoms with E-state index < -0.39 is 0 Å². The van der Waals surface area contributed by atoms with Crippen LogP contribution in [-0.2, 0) is 0 Å². The second-order valence-corrected chi connectivity index (χ2v) is 5.36. The Labute approximate surface area is 122 Å². The van der Waals surface area contributed by atoms with Crippen molar-refractivity contribution in [2.24, 2.45) is 0 Å². The number of benzene rings is 1. The summed E-state index contributed by atoms with van der Waals surface area (Å²) in [5.74, 6) is 0.902. The molecule has 0 spiro atoms. The van der Waals surface area contributed by atoms with Crippen LogP contribution in [-0.4, -0.2) is 11.5 Å². The number of halogens is 1. The Bertz CT molecular complexity index is 555. The van der Waals surface area contributed by atoms with Gasteiger partial charge in [-0.3, -0.25) is 0 Å². The second kappa shape index (κ2) is 6.57. The Kier molecular flexibility index (Phi) is 4.80. The maximum atomic E-state index is 4.30. The summed E-state index contributed by atoms with van der Waals surface area (Å²) in [6, 6.07) is 10.2. The minimum absolute atomic E-state index is 0.902. The van der Waals surface area contributed by atoms with Crippen molar-refractivity contribution < 1.29 is 0 Å². The molecule has 4 heteroatoms. The molecule has 100 valence electrons. The third kappa shape index (κ3) is 3.96. The van der Waals surface area contributed by atoms with Crippen LogP contribution in [0.3, 0.4) is 0 Å². The number of aromatic nitrogens is 1. The summed E-state index contributed by atoms with van der Waals surface area (Å²) >= 11 is 3.49. The Morgan fingerprint density at radius 3 is 2.84 bits per heavy atom. The van der Waals surface area contributed by atoms with Crippen LogP contribution in [0.4, 0.5) is 17.2 Å².